The summed E-state index contributed by atoms with van der Waals surface area (Å²) in [6.07, 6.45) is 0. The van der Waals surface area contributed by atoms with Gasteiger partial charge < -0.3 is 14.5 Å². The van der Waals surface area contributed by atoms with E-state index >= 15 is 0 Å². The van der Waals surface area contributed by atoms with Crippen LogP contribution in [0.15, 0.2) is 106 Å². The number of halogens is 1. The van der Waals surface area contributed by atoms with Crippen molar-refractivity contribution in [3.05, 3.63) is 138 Å². The number of carbonyl (C=O) groups is 2. The van der Waals surface area contributed by atoms with E-state index in [-0.39, 0.29) is 21.9 Å². The highest BCUT2D eigenvalue weighted by molar-refractivity contribution is 7.07. The molecule has 0 saturated carbocycles. The Hall–Kier alpha value is -4.99. The molecule has 242 valence electrons. The molecule has 2 aliphatic rings. The Morgan fingerprint density at radius 1 is 0.958 bits per heavy atom. The number of aromatic nitrogens is 1. The molecule has 0 bridgehead atoms. The number of hydrogen-bond acceptors (Lipinski definition) is 6. The lowest BCUT2D eigenvalue weighted by atomic mass is 9.90. The molecule has 0 unspecified atom stereocenters. The average Bonchev–Trinajstić information content (AvgIpc) is 3.56. The summed E-state index contributed by atoms with van der Waals surface area (Å²) in [4.78, 5) is 52.2. The summed E-state index contributed by atoms with van der Waals surface area (Å²) in [5.41, 5.74) is 3.86. The Morgan fingerprint density at radius 2 is 1.67 bits per heavy atom. The Morgan fingerprint density at radius 3 is 2.40 bits per heavy atom. The number of methoxy groups -OCH3 is 1. The number of nitrogens with zero attached hydrogens (tertiary/aromatic N) is 4. The zero-order valence-electron chi connectivity index (χ0n) is 27.0. The first kappa shape index (κ1) is 31.6. The second-order valence-electron chi connectivity index (χ2n) is 11.7. The van der Waals surface area contributed by atoms with E-state index in [2.05, 4.69) is 0 Å². The van der Waals surface area contributed by atoms with Gasteiger partial charge in [0.1, 0.15) is 16.3 Å². The second kappa shape index (κ2) is 12.6. The number of amides is 2. The van der Waals surface area contributed by atoms with Gasteiger partial charge in [0.2, 0.25) is 0 Å². The van der Waals surface area contributed by atoms with Crippen LogP contribution in [0.25, 0.3) is 16.3 Å². The van der Waals surface area contributed by atoms with Crippen LogP contribution in [-0.2, 0) is 16.1 Å². The van der Waals surface area contributed by atoms with E-state index in [4.69, 9.17) is 21.3 Å². The molecule has 48 heavy (non-hydrogen) atoms. The van der Waals surface area contributed by atoms with E-state index in [0.717, 1.165) is 22.0 Å². The van der Waals surface area contributed by atoms with Crippen LogP contribution >= 0.6 is 22.9 Å². The van der Waals surface area contributed by atoms with E-state index in [1.165, 1.54) is 11.3 Å². The fraction of sp³-hybridized carbons (Fsp3) is 0.211. The molecular weight excluding hydrogens is 644 g/mol. The molecule has 1 atom stereocenters. The molecule has 4 aromatic carbocycles. The lowest BCUT2D eigenvalue weighted by Crippen LogP contribution is -2.43. The van der Waals surface area contributed by atoms with Crippen molar-refractivity contribution in [2.45, 2.75) is 33.4 Å². The predicted molar refractivity (Wildman–Crippen MR) is 190 cm³/mol. The number of carbonyl (C=O) groups excluding carboxylic acids is 2. The van der Waals surface area contributed by atoms with Gasteiger partial charge in [0, 0.05) is 29.2 Å². The summed E-state index contributed by atoms with van der Waals surface area (Å²) in [6.45, 7) is 6.98. The Balaban J connectivity index is 1.51. The first-order valence-electron chi connectivity index (χ1n) is 15.8. The number of thiazole rings is 1. The normalized spacial score (nSPS) is 16.6. The lowest BCUT2D eigenvalue weighted by molar-refractivity contribution is -0.127. The minimum absolute atomic E-state index is 0.199. The first-order valence-corrected chi connectivity index (χ1v) is 17.0. The number of fused-ring (bicyclic) bond motifs is 3. The van der Waals surface area contributed by atoms with Crippen molar-refractivity contribution in [1.82, 2.24) is 9.47 Å². The Labute approximate surface area is 286 Å². The van der Waals surface area contributed by atoms with E-state index in [9.17, 15) is 14.4 Å². The number of benzene rings is 4. The topological polar surface area (TPSA) is 84.2 Å². The molecule has 5 aromatic rings. The number of rotatable bonds is 7. The third-order valence-corrected chi connectivity index (χ3v) is 10.4. The fourth-order valence-electron chi connectivity index (χ4n) is 6.76. The van der Waals surface area contributed by atoms with E-state index in [1.54, 1.807) is 33.6 Å². The van der Waals surface area contributed by atoms with Gasteiger partial charge >= 0.3 is 0 Å². The summed E-state index contributed by atoms with van der Waals surface area (Å²) < 4.78 is 7.78. The van der Waals surface area contributed by atoms with Crippen molar-refractivity contribution in [1.29, 1.82) is 0 Å². The number of ether oxygens (including phenoxy) is 1. The maximum Gasteiger partial charge on any atom is 0.271 e. The highest BCUT2D eigenvalue weighted by atomic mass is 35.5. The van der Waals surface area contributed by atoms with Crippen LogP contribution in [0.2, 0.25) is 5.02 Å². The molecule has 1 aromatic heterocycles. The molecule has 0 spiro atoms. The van der Waals surface area contributed by atoms with Crippen LogP contribution in [0.1, 0.15) is 43.5 Å². The molecule has 2 amide bonds. The highest BCUT2D eigenvalue weighted by Crippen LogP contribution is 2.41. The zero-order chi connectivity index (χ0) is 33.7. The molecule has 0 aliphatic carbocycles. The fourth-order valence-corrected chi connectivity index (χ4v) is 8.03. The zero-order valence-corrected chi connectivity index (χ0v) is 28.6. The van der Waals surface area contributed by atoms with Crippen LogP contribution in [0, 0.1) is 0 Å². The van der Waals surface area contributed by atoms with Gasteiger partial charge in [-0.1, -0.05) is 83.6 Å². The third kappa shape index (κ3) is 5.05. The molecule has 2 aliphatic heterocycles. The summed E-state index contributed by atoms with van der Waals surface area (Å²) in [6, 6.07) is 25.7. The summed E-state index contributed by atoms with van der Waals surface area (Å²) in [5, 5.41) is 2.41. The van der Waals surface area contributed by atoms with Gasteiger partial charge in [-0.3, -0.25) is 19.0 Å². The van der Waals surface area contributed by atoms with Gasteiger partial charge in [-0.2, -0.15) is 0 Å². The van der Waals surface area contributed by atoms with Crippen LogP contribution in [0.3, 0.4) is 0 Å². The Kier molecular flexibility index (Phi) is 8.27. The molecule has 0 saturated heterocycles. The van der Waals surface area contributed by atoms with Crippen molar-refractivity contribution >= 4 is 56.8 Å². The van der Waals surface area contributed by atoms with Gasteiger partial charge in [0.25, 0.3) is 17.4 Å². The number of allylic oxidation sites excluding steroid dienone is 1. The molecule has 0 N–H and O–H groups in total. The molecule has 0 radical (unpaired) electrons. The number of likely N-dealkylation sites (N-methyl/N-ethyl adjacent to an activating group) is 1. The second-order valence-corrected chi connectivity index (χ2v) is 13.1. The largest absolute Gasteiger partial charge is 0.496 e. The summed E-state index contributed by atoms with van der Waals surface area (Å²) in [5.74, 6) is 0.0782. The number of anilines is 1. The maximum absolute atomic E-state index is 14.9. The van der Waals surface area contributed by atoms with Crippen LogP contribution in [0.5, 0.6) is 5.75 Å². The summed E-state index contributed by atoms with van der Waals surface area (Å²) >= 11 is 7.30. The van der Waals surface area contributed by atoms with Gasteiger partial charge in [0.05, 0.1) is 36.2 Å². The molecule has 3 heterocycles. The van der Waals surface area contributed by atoms with Gasteiger partial charge in [-0.05, 0) is 61.4 Å². The SMILES string of the molecule is CCN(CC)C(=O)C1=C(C)N=c2s/c(=C3\C(=O)N(Cc4ccc(Cl)cc4)c4ccccc43)c(=O)n2[C@@H]1c1c(OC)ccc2ccccc12. The lowest BCUT2D eigenvalue weighted by Gasteiger charge is -2.30. The average molecular weight is 677 g/mol. The third-order valence-electron chi connectivity index (χ3n) is 9.11. The van der Waals surface area contributed by atoms with E-state index in [0.29, 0.717) is 63.2 Å². The number of para-hydroxylation sites is 1. The molecule has 0 fully saturated rings. The van der Waals surface area contributed by atoms with Crippen LogP contribution < -0.4 is 24.5 Å². The smallest absolute Gasteiger partial charge is 0.271 e. The molecular formula is C38H33ClN4O4S. The first-order chi connectivity index (χ1) is 23.3. The minimum Gasteiger partial charge on any atom is -0.496 e. The monoisotopic (exact) mass is 676 g/mol. The van der Waals surface area contributed by atoms with Gasteiger partial charge in [-0.15, -0.1) is 0 Å². The van der Waals surface area contributed by atoms with Crippen molar-refractivity contribution in [2.75, 3.05) is 25.1 Å². The number of hydrogen-bond donors (Lipinski definition) is 0. The van der Waals surface area contributed by atoms with Gasteiger partial charge in [-0.25, -0.2) is 4.99 Å². The maximum atomic E-state index is 14.9. The van der Waals surface area contributed by atoms with Crippen molar-refractivity contribution < 1.29 is 14.3 Å². The molecule has 10 heteroatoms. The van der Waals surface area contributed by atoms with Crippen molar-refractivity contribution in [3.63, 3.8) is 0 Å². The van der Waals surface area contributed by atoms with Crippen molar-refractivity contribution in [3.8, 4) is 5.75 Å². The van der Waals surface area contributed by atoms with Gasteiger partial charge in [0.15, 0.2) is 4.80 Å². The van der Waals surface area contributed by atoms with Crippen LogP contribution in [-0.4, -0.2) is 41.5 Å². The molecule has 7 rings (SSSR count). The Bertz CT molecular complexity index is 2340. The standard InChI is InChI=1S/C38H33ClN4O4S/c1-5-41(6-2)35(44)30-22(3)40-38-43(33(30)31-26-12-8-7-11-24(26)17-20-29(31)47-4)37(46)34(48-38)32-27-13-9-10-14-28(27)42(36(32)45)21-23-15-18-25(39)19-16-23/h7-20,33H,5-6,21H2,1-4H3/b34-32-/t33-/m0/s1. The van der Waals surface area contributed by atoms with Crippen LogP contribution in [0.4, 0.5) is 5.69 Å². The van der Waals surface area contributed by atoms with E-state index < -0.39 is 6.04 Å². The van der Waals surface area contributed by atoms with Crippen molar-refractivity contribution in [2.24, 2.45) is 4.99 Å². The minimum atomic E-state index is -0.846. The molecule has 8 nitrogen and oxygen atoms in total. The summed E-state index contributed by atoms with van der Waals surface area (Å²) in [7, 11) is 1.59. The quantitative estimate of drug-likeness (QED) is 0.217. The van der Waals surface area contributed by atoms with E-state index in [1.807, 2.05) is 93.6 Å². The predicted octanol–water partition coefficient (Wildman–Crippen LogP) is 5.84. The highest BCUT2D eigenvalue weighted by Gasteiger charge is 2.39.